The predicted molar refractivity (Wildman–Crippen MR) is 399 cm³/mol. The van der Waals surface area contributed by atoms with E-state index in [1.165, 1.54) is 25.7 Å². The van der Waals surface area contributed by atoms with Gasteiger partial charge in [0.2, 0.25) is 0 Å². The highest BCUT2D eigenvalue weighted by Gasteiger charge is 2.29. The van der Waals surface area contributed by atoms with Gasteiger partial charge < -0.3 is 34.2 Å². The normalized spacial score (nSPS) is 15.0. The van der Waals surface area contributed by atoms with Crippen molar-refractivity contribution in [2.45, 2.75) is 283 Å². The van der Waals surface area contributed by atoms with Gasteiger partial charge in [0.15, 0.2) is 6.10 Å². The van der Waals surface area contributed by atoms with Gasteiger partial charge in [0.1, 0.15) is 25.4 Å². The largest absolute Gasteiger partial charge is 0.472 e. The van der Waals surface area contributed by atoms with Gasteiger partial charge in [-0.2, -0.15) is 0 Å². The molecule has 0 aromatic heterocycles. The molecule has 0 spiro atoms. The number of hydrogen-bond acceptors (Lipinski definition) is 14. The van der Waals surface area contributed by atoms with Crippen molar-refractivity contribution in [3.63, 3.8) is 0 Å². The number of allylic oxidation sites excluding steroid dienone is 26. The number of aliphatic hydroxyl groups excluding tert-OH is 2. The molecule has 0 fully saturated rings. The summed E-state index contributed by atoms with van der Waals surface area (Å²) in [5.41, 5.74) is 0. The quantitative estimate of drug-likeness (QED) is 0.0146. The van der Waals surface area contributed by atoms with E-state index in [1.54, 1.807) is 0 Å². The second-order valence-corrected chi connectivity index (χ2v) is 26.9. The van der Waals surface area contributed by atoms with Crippen LogP contribution in [0, 0.1) is 0 Å². The lowest BCUT2D eigenvalue weighted by molar-refractivity contribution is -0.161. The van der Waals surface area contributed by atoms with Crippen LogP contribution in [0.1, 0.15) is 265 Å². The van der Waals surface area contributed by atoms with Crippen molar-refractivity contribution in [3.05, 3.63) is 158 Å². The Hall–Kier alpha value is -4.83. The van der Waals surface area contributed by atoms with E-state index in [0.29, 0.717) is 19.3 Å². The summed E-state index contributed by atoms with van der Waals surface area (Å²) >= 11 is 0. The Kier molecular flexibility index (Phi) is 67.5. The Morgan fingerprint density at radius 1 is 0.299 bits per heavy atom. The molecule has 0 heterocycles. The summed E-state index contributed by atoms with van der Waals surface area (Å²) in [6, 6.07) is 0. The number of unbranched alkanes of at least 4 members (excludes halogenated alkanes) is 19. The third-order valence-corrected chi connectivity index (χ3v) is 16.6. The molecule has 552 valence electrons. The first-order chi connectivity index (χ1) is 47.2. The molecule has 16 nitrogen and oxygen atoms in total. The van der Waals surface area contributed by atoms with Crippen LogP contribution in [0.4, 0.5) is 0 Å². The molecule has 0 bridgehead atoms. The molecule has 0 aromatic rings. The Labute approximate surface area is 587 Å². The van der Waals surface area contributed by atoms with E-state index in [1.807, 2.05) is 0 Å². The van der Waals surface area contributed by atoms with Gasteiger partial charge in [-0.25, -0.2) is 9.13 Å². The second-order valence-electron chi connectivity index (χ2n) is 24.0. The van der Waals surface area contributed by atoms with Crippen molar-refractivity contribution in [2.75, 3.05) is 39.6 Å². The third kappa shape index (κ3) is 72.2. The molecule has 5 unspecified atom stereocenters. The van der Waals surface area contributed by atoms with Crippen molar-refractivity contribution < 1.29 is 75.8 Å². The van der Waals surface area contributed by atoms with Crippen molar-refractivity contribution >= 4 is 33.6 Å². The Morgan fingerprint density at radius 2 is 0.546 bits per heavy atom. The zero-order valence-electron chi connectivity index (χ0n) is 59.9. The molecule has 97 heavy (non-hydrogen) atoms. The molecule has 0 saturated heterocycles. The van der Waals surface area contributed by atoms with Gasteiger partial charge in [-0.1, -0.05) is 256 Å². The first-order valence-corrected chi connectivity index (χ1v) is 39.8. The van der Waals surface area contributed by atoms with Crippen molar-refractivity contribution in [1.82, 2.24) is 0 Å². The number of phosphoric ester groups is 2. The Morgan fingerprint density at radius 3 is 0.866 bits per heavy atom. The van der Waals surface area contributed by atoms with Gasteiger partial charge in [-0.3, -0.25) is 32.5 Å². The average molecular weight is 1400 g/mol. The summed E-state index contributed by atoms with van der Waals surface area (Å²) < 4.78 is 61.0. The van der Waals surface area contributed by atoms with Crippen LogP contribution >= 0.6 is 15.6 Å². The van der Waals surface area contributed by atoms with Crippen LogP contribution in [0.2, 0.25) is 0 Å². The lowest BCUT2D eigenvalue weighted by Gasteiger charge is -2.21. The van der Waals surface area contributed by atoms with Crippen LogP contribution in [-0.2, 0) is 55.8 Å². The number of ether oxygens (including phenoxy) is 3. The van der Waals surface area contributed by atoms with Crippen molar-refractivity contribution in [1.29, 1.82) is 0 Å². The molecule has 18 heteroatoms. The zero-order valence-corrected chi connectivity index (χ0v) is 61.7. The minimum atomic E-state index is -4.94. The molecule has 0 radical (unpaired) electrons. The van der Waals surface area contributed by atoms with E-state index >= 15 is 0 Å². The highest BCUT2D eigenvalue weighted by atomic mass is 31.2. The minimum absolute atomic E-state index is 0.0751. The highest BCUT2D eigenvalue weighted by molar-refractivity contribution is 7.47. The van der Waals surface area contributed by atoms with Gasteiger partial charge in [0.25, 0.3) is 0 Å². The lowest BCUT2D eigenvalue weighted by Crippen LogP contribution is -2.30. The third-order valence-electron chi connectivity index (χ3n) is 14.7. The molecular formula is C79H130O16P2. The summed E-state index contributed by atoms with van der Waals surface area (Å²) in [5, 5.41) is 20.6. The molecule has 0 aliphatic carbocycles. The highest BCUT2D eigenvalue weighted by Crippen LogP contribution is 2.45. The standard InChI is InChI=1S/C79H130O16P2/c1-4-7-10-13-16-19-22-25-28-30-32-34-35-36-37-39-41-42-45-47-50-53-56-59-62-65-77(82)89-68-74(80)69-91-96(85,86)92-70-75(81)71-93-97(87,88)94-73-76(95-79(84)67-64-61-58-55-52-49-44-27-24-21-18-15-12-9-6-3)72-90-78(83)66-63-60-57-54-51-48-46-43-40-38-33-31-29-26-23-20-17-14-11-8-5-2/h7,9-10,12,16-21,25-29,32-34,36-38,41-44,46,74-76,80-81H,4-6,8,11,13-15,22-24,30-31,35,39-40,45,47-73H2,1-3H3,(H,85,86)(H,87,88)/b10-7-,12-9-,19-16-,20-17-,21-18-,28-25-,29-26-,34-32-,37-36-,38-33-,42-41-,44-27-,46-43-. The number of esters is 3. The van der Waals surface area contributed by atoms with E-state index in [4.69, 9.17) is 32.3 Å². The van der Waals surface area contributed by atoms with Gasteiger partial charge >= 0.3 is 33.6 Å². The Balaban J connectivity index is 4.67. The monoisotopic (exact) mass is 1400 g/mol. The number of hydrogen-bond donors (Lipinski definition) is 4. The van der Waals surface area contributed by atoms with E-state index in [2.05, 4.69) is 179 Å². The number of aliphatic hydroxyl groups is 2. The van der Waals surface area contributed by atoms with Crippen LogP contribution in [-0.4, -0.2) is 95.9 Å². The summed E-state index contributed by atoms with van der Waals surface area (Å²) in [7, 11) is -9.81. The summed E-state index contributed by atoms with van der Waals surface area (Å²) in [6.07, 6.45) is 87.1. The van der Waals surface area contributed by atoms with Crippen LogP contribution in [0.3, 0.4) is 0 Å². The molecule has 0 aliphatic heterocycles. The zero-order chi connectivity index (χ0) is 70.9. The lowest BCUT2D eigenvalue weighted by atomic mass is 10.1. The fourth-order valence-corrected chi connectivity index (χ4v) is 10.7. The summed E-state index contributed by atoms with van der Waals surface area (Å²) in [6.45, 7) is 2.34. The summed E-state index contributed by atoms with van der Waals surface area (Å²) in [4.78, 5) is 58.5. The molecule has 0 saturated carbocycles. The molecule has 5 atom stereocenters. The van der Waals surface area contributed by atoms with E-state index in [9.17, 15) is 43.5 Å². The maximum atomic E-state index is 12.9. The minimum Gasteiger partial charge on any atom is -0.463 e. The first kappa shape index (κ1) is 92.2. The van der Waals surface area contributed by atoms with Crippen LogP contribution in [0.5, 0.6) is 0 Å². The van der Waals surface area contributed by atoms with Crippen molar-refractivity contribution in [3.8, 4) is 0 Å². The maximum Gasteiger partial charge on any atom is 0.472 e. The molecule has 0 aliphatic rings. The van der Waals surface area contributed by atoms with Crippen LogP contribution in [0.15, 0.2) is 158 Å². The molecule has 4 N–H and O–H groups in total. The summed E-state index contributed by atoms with van der Waals surface area (Å²) in [5.74, 6) is -1.64. The molecular weight excluding hydrogens is 1270 g/mol. The number of carbonyl (C=O) groups excluding carboxylic acids is 3. The van der Waals surface area contributed by atoms with Gasteiger partial charge in [0.05, 0.1) is 26.4 Å². The smallest absolute Gasteiger partial charge is 0.463 e. The fourth-order valence-electron chi connectivity index (χ4n) is 9.16. The topological polar surface area (TPSA) is 231 Å². The maximum absolute atomic E-state index is 12.9. The SMILES string of the molecule is CC/C=C\C/C=C\C/C=C\C/C=C\C/C=C\C/C=C\CCCCCCCCC(=O)OCC(O)COP(=O)(O)OCC(O)COP(=O)(O)OCC(COC(=O)CCCCCCC/C=C\C/C=C\C/C=C\C/C=C\CCCCC)OC(=O)CCCCCCC/C=C\C/C=C\C/C=C\CC. The van der Waals surface area contributed by atoms with Crippen LogP contribution in [0.25, 0.3) is 0 Å². The average Bonchev–Trinajstić information content (AvgIpc) is 1.82. The van der Waals surface area contributed by atoms with E-state index in [0.717, 1.165) is 180 Å². The number of carbonyl (C=O) groups is 3. The Bertz CT molecular complexity index is 2400. The second kappa shape index (κ2) is 71.0. The predicted octanol–water partition coefficient (Wildman–Crippen LogP) is 21.1. The molecule has 0 aromatic carbocycles. The first-order valence-electron chi connectivity index (χ1n) is 36.8. The molecule has 0 amide bonds. The number of rotatable bonds is 68. The van der Waals surface area contributed by atoms with E-state index in [-0.39, 0.29) is 19.3 Å². The number of phosphoric acid groups is 2. The van der Waals surface area contributed by atoms with Gasteiger partial charge in [-0.05, 0) is 148 Å². The van der Waals surface area contributed by atoms with Gasteiger partial charge in [0, 0.05) is 19.3 Å². The van der Waals surface area contributed by atoms with E-state index < -0.39 is 91.5 Å². The van der Waals surface area contributed by atoms with Crippen molar-refractivity contribution in [2.24, 2.45) is 0 Å². The fraction of sp³-hybridized carbons (Fsp3) is 0.633. The van der Waals surface area contributed by atoms with Gasteiger partial charge in [-0.15, -0.1) is 0 Å². The molecule has 0 rings (SSSR count). The van der Waals surface area contributed by atoms with Crippen LogP contribution < -0.4 is 0 Å².